The number of benzene rings is 3. The van der Waals surface area contributed by atoms with Gasteiger partial charge in [-0.1, -0.05) is 42.5 Å². The molecule has 1 N–H and O–H groups in total. The quantitative estimate of drug-likeness (QED) is 0.470. The zero-order chi connectivity index (χ0) is 22.6. The van der Waals surface area contributed by atoms with E-state index in [0.717, 1.165) is 48.5 Å². The molecule has 2 heterocycles. The van der Waals surface area contributed by atoms with Gasteiger partial charge in [-0.25, -0.2) is 4.98 Å². The van der Waals surface area contributed by atoms with Crippen LogP contribution in [0.5, 0.6) is 11.5 Å². The van der Waals surface area contributed by atoms with Crippen LogP contribution in [-0.4, -0.2) is 38.6 Å². The summed E-state index contributed by atoms with van der Waals surface area (Å²) in [6, 6.07) is 25.0. The number of carbonyl (C=O) groups excluding carboxylic acids is 1. The van der Waals surface area contributed by atoms with Crippen LogP contribution < -0.4 is 4.74 Å². The van der Waals surface area contributed by atoms with E-state index in [-0.39, 0.29) is 18.2 Å². The van der Waals surface area contributed by atoms with E-state index >= 15 is 0 Å². The van der Waals surface area contributed by atoms with Crippen LogP contribution in [0.4, 0.5) is 0 Å². The molecule has 0 atom stereocenters. The third-order valence-electron chi connectivity index (χ3n) is 6.35. The summed E-state index contributed by atoms with van der Waals surface area (Å²) in [6.45, 7) is 2.01. The van der Waals surface area contributed by atoms with Gasteiger partial charge in [-0.2, -0.15) is 0 Å². The van der Waals surface area contributed by atoms with Gasteiger partial charge in [-0.3, -0.25) is 4.79 Å². The molecule has 0 bridgehead atoms. The maximum absolute atomic E-state index is 13.2. The highest BCUT2D eigenvalue weighted by atomic mass is 16.5. The van der Waals surface area contributed by atoms with E-state index < -0.39 is 0 Å². The second-order valence-electron chi connectivity index (χ2n) is 8.45. The number of fused-ring (bicyclic) bond motifs is 1. The molecule has 1 aromatic heterocycles. The van der Waals surface area contributed by atoms with Crippen LogP contribution >= 0.6 is 0 Å². The second kappa shape index (κ2) is 9.36. The lowest BCUT2D eigenvalue weighted by atomic mass is 9.89. The van der Waals surface area contributed by atoms with Crippen LogP contribution in [0.1, 0.15) is 30.1 Å². The smallest absolute Gasteiger partial charge is 0.242 e. The molecular formula is C27H27N3O3. The first-order valence-corrected chi connectivity index (χ1v) is 11.4. The van der Waals surface area contributed by atoms with Crippen molar-refractivity contribution >= 4 is 16.9 Å². The summed E-state index contributed by atoms with van der Waals surface area (Å²) < 4.78 is 7.91. The van der Waals surface area contributed by atoms with Crippen molar-refractivity contribution in [2.75, 3.05) is 13.1 Å². The van der Waals surface area contributed by atoms with Crippen molar-refractivity contribution in [1.29, 1.82) is 0 Å². The van der Waals surface area contributed by atoms with E-state index in [9.17, 15) is 9.90 Å². The molecule has 0 radical (unpaired) electrons. The Morgan fingerprint density at radius 3 is 2.39 bits per heavy atom. The van der Waals surface area contributed by atoms with Crippen LogP contribution in [0.15, 0.2) is 78.9 Å². The Bertz CT molecular complexity index is 1230. The van der Waals surface area contributed by atoms with Crippen LogP contribution in [0, 0.1) is 0 Å². The van der Waals surface area contributed by atoms with Gasteiger partial charge in [-0.05, 0) is 60.7 Å². The van der Waals surface area contributed by atoms with Crippen LogP contribution in [0.25, 0.3) is 11.0 Å². The van der Waals surface area contributed by atoms with Gasteiger partial charge in [0.05, 0.1) is 11.0 Å². The zero-order valence-corrected chi connectivity index (χ0v) is 18.4. The SMILES string of the molecule is O=C(Cn1c(COc2ccccc2)nc2ccccc21)N1CCC(c2ccc(O)cc2)CC1. The molecule has 6 nitrogen and oxygen atoms in total. The van der Waals surface area contributed by atoms with Crippen LogP contribution in [-0.2, 0) is 17.9 Å². The molecule has 1 aliphatic rings. The van der Waals surface area contributed by atoms with Crippen molar-refractivity contribution in [3.63, 3.8) is 0 Å². The highest BCUT2D eigenvalue weighted by Crippen LogP contribution is 2.29. The Labute approximate surface area is 193 Å². The standard InChI is InChI=1S/C27H27N3O3/c31-22-12-10-20(11-13-22)21-14-16-29(17-15-21)27(32)18-30-25-9-5-4-8-24(25)28-26(30)19-33-23-6-2-1-3-7-23/h1-13,21,31H,14-19H2. The molecule has 3 aromatic carbocycles. The summed E-state index contributed by atoms with van der Waals surface area (Å²) in [5.74, 6) is 2.32. The van der Waals surface area contributed by atoms with Gasteiger partial charge < -0.3 is 19.3 Å². The fraction of sp³-hybridized carbons (Fsp3) is 0.259. The van der Waals surface area contributed by atoms with Crippen LogP contribution in [0.2, 0.25) is 0 Å². The molecule has 0 aliphatic carbocycles. The normalized spacial score (nSPS) is 14.5. The van der Waals surface area contributed by atoms with Gasteiger partial charge in [0.25, 0.3) is 0 Å². The predicted molar refractivity (Wildman–Crippen MR) is 127 cm³/mol. The van der Waals surface area contributed by atoms with Crippen molar-refractivity contribution in [3.8, 4) is 11.5 Å². The Kier molecular flexibility index (Phi) is 5.98. The van der Waals surface area contributed by atoms with E-state index in [4.69, 9.17) is 9.72 Å². The largest absolute Gasteiger partial charge is 0.508 e. The molecule has 0 spiro atoms. The highest BCUT2D eigenvalue weighted by Gasteiger charge is 2.25. The minimum absolute atomic E-state index is 0.100. The van der Waals surface area contributed by atoms with Gasteiger partial charge in [0.1, 0.15) is 30.5 Å². The summed E-state index contributed by atoms with van der Waals surface area (Å²) in [6.07, 6.45) is 1.84. The van der Waals surface area contributed by atoms with E-state index in [1.165, 1.54) is 5.56 Å². The van der Waals surface area contributed by atoms with Crippen molar-refractivity contribution in [2.45, 2.75) is 31.9 Å². The number of aromatic nitrogens is 2. The maximum atomic E-state index is 13.2. The maximum Gasteiger partial charge on any atom is 0.242 e. The first kappa shape index (κ1) is 21.1. The van der Waals surface area contributed by atoms with E-state index in [1.807, 2.05) is 76.2 Å². The number of likely N-dealkylation sites (tertiary alicyclic amines) is 1. The molecule has 6 heteroatoms. The Balaban J connectivity index is 1.28. The monoisotopic (exact) mass is 441 g/mol. The fourth-order valence-corrected chi connectivity index (χ4v) is 4.52. The van der Waals surface area contributed by atoms with Crippen molar-refractivity contribution in [3.05, 3.63) is 90.3 Å². The first-order valence-electron chi connectivity index (χ1n) is 11.4. The number of rotatable bonds is 6. The number of piperidine rings is 1. The minimum Gasteiger partial charge on any atom is -0.508 e. The summed E-state index contributed by atoms with van der Waals surface area (Å²) in [5.41, 5.74) is 3.03. The number of imidazole rings is 1. The van der Waals surface area contributed by atoms with Crippen molar-refractivity contribution in [1.82, 2.24) is 14.5 Å². The van der Waals surface area contributed by atoms with E-state index in [1.54, 1.807) is 12.1 Å². The average molecular weight is 442 g/mol. The minimum atomic E-state index is 0.100. The summed E-state index contributed by atoms with van der Waals surface area (Å²) in [4.78, 5) is 19.9. The molecule has 33 heavy (non-hydrogen) atoms. The topological polar surface area (TPSA) is 67.6 Å². The van der Waals surface area contributed by atoms with Gasteiger partial charge in [-0.15, -0.1) is 0 Å². The molecule has 5 rings (SSSR count). The lowest BCUT2D eigenvalue weighted by molar-refractivity contribution is -0.132. The number of carbonyl (C=O) groups is 1. The third kappa shape index (κ3) is 4.70. The van der Waals surface area contributed by atoms with Gasteiger partial charge in [0.2, 0.25) is 5.91 Å². The molecule has 1 aliphatic heterocycles. The number of hydrogen-bond acceptors (Lipinski definition) is 4. The number of phenols is 1. The second-order valence-corrected chi connectivity index (χ2v) is 8.45. The number of phenolic OH excluding ortho intramolecular Hbond substituents is 1. The van der Waals surface area contributed by atoms with Crippen molar-refractivity contribution in [2.24, 2.45) is 0 Å². The number of nitrogens with zero attached hydrogens (tertiary/aromatic N) is 3. The highest BCUT2D eigenvalue weighted by molar-refractivity contribution is 5.81. The first-order chi connectivity index (χ1) is 16.2. The zero-order valence-electron chi connectivity index (χ0n) is 18.4. The fourth-order valence-electron chi connectivity index (χ4n) is 4.52. The molecular weight excluding hydrogens is 414 g/mol. The lowest BCUT2D eigenvalue weighted by Crippen LogP contribution is -2.40. The van der Waals surface area contributed by atoms with E-state index in [2.05, 4.69) is 0 Å². The average Bonchev–Trinajstić information content (AvgIpc) is 3.21. The van der Waals surface area contributed by atoms with Crippen molar-refractivity contribution < 1.29 is 14.6 Å². The number of amides is 1. The molecule has 0 saturated carbocycles. The lowest BCUT2D eigenvalue weighted by Gasteiger charge is -2.32. The Morgan fingerprint density at radius 1 is 0.939 bits per heavy atom. The summed E-state index contributed by atoms with van der Waals surface area (Å²) in [7, 11) is 0. The predicted octanol–water partition coefficient (Wildman–Crippen LogP) is 4.73. The third-order valence-corrected chi connectivity index (χ3v) is 6.35. The van der Waals surface area contributed by atoms with Gasteiger partial charge in [0, 0.05) is 13.1 Å². The molecule has 1 amide bonds. The molecule has 0 unspecified atom stereocenters. The molecule has 1 fully saturated rings. The molecule has 1 saturated heterocycles. The Morgan fingerprint density at radius 2 is 1.64 bits per heavy atom. The summed E-state index contributed by atoms with van der Waals surface area (Å²) >= 11 is 0. The molecule has 168 valence electrons. The number of aromatic hydroxyl groups is 1. The van der Waals surface area contributed by atoms with Crippen LogP contribution in [0.3, 0.4) is 0 Å². The number of ether oxygens (including phenoxy) is 1. The molecule has 4 aromatic rings. The van der Waals surface area contributed by atoms with E-state index in [0.29, 0.717) is 12.5 Å². The Hall–Kier alpha value is -3.80. The van der Waals surface area contributed by atoms with Gasteiger partial charge in [0.15, 0.2) is 0 Å². The number of hydrogen-bond donors (Lipinski definition) is 1. The van der Waals surface area contributed by atoms with Gasteiger partial charge >= 0.3 is 0 Å². The summed E-state index contributed by atoms with van der Waals surface area (Å²) in [5, 5.41) is 9.52. The number of para-hydroxylation sites is 3.